The third-order valence-corrected chi connectivity index (χ3v) is 5.52. The highest BCUT2D eigenvalue weighted by atomic mass is 35.5. The molecule has 0 aliphatic heterocycles. The van der Waals surface area contributed by atoms with E-state index >= 15 is 0 Å². The smallest absolute Gasteiger partial charge is 0.337 e. The Labute approximate surface area is 204 Å². The van der Waals surface area contributed by atoms with E-state index in [0.29, 0.717) is 32.3 Å². The zero-order chi connectivity index (χ0) is 24.2. The van der Waals surface area contributed by atoms with Crippen LogP contribution in [-0.2, 0) is 0 Å². The number of carboxylic acids is 2. The van der Waals surface area contributed by atoms with Crippen molar-refractivity contribution in [1.82, 2.24) is 0 Å². The number of hydrogen-bond acceptors (Lipinski definition) is 4. The summed E-state index contributed by atoms with van der Waals surface area (Å²) in [6.45, 7) is 0. The van der Waals surface area contributed by atoms with E-state index in [0.717, 1.165) is 0 Å². The van der Waals surface area contributed by atoms with Crippen LogP contribution < -0.4 is 0 Å². The van der Waals surface area contributed by atoms with Gasteiger partial charge in [0.05, 0.1) is 11.1 Å². The molecule has 0 amide bonds. The third kappa shape index (κ3) is 4.83. The van der Waals surface area contributed by atoms with E-state index in [1.54, 1.807) is 72.8 Å². The summed E-state index contributed by atoms with van der Waals surface area (Å²) in [6.07, 6.45) is 0. The molecule has 6 nitrogen and oxygen atoms in total. The van der Waals surface area contributed by atoms with Crippen molar-refractivity contribution in [3.63, 3.8) is 0 Å². The fraction of sp³-hybridized carbons (Fsp3) is 0. The average molecular weight is 491 g/mol. The van der Waals surface area contributed by atoms with Gasteiger partial charge < -0.3 is 10.2 Å². The fourth-order valence-corrected chi connectivity index (χ4v) is 3.91. The Morgan fingerprint density at radius 1 is 0.588 bits per heavy atom. The highest BCUT2D eigenvalue weighted by Gasteiger charge is 2.18. The van der Waals surface area contributed by atoms with Gasteiger partial charge in [-0.15, -0.1) is 10.2 Å². The Bertz CT molecular complexity index is 1340. The molecule has 0 atom stereocenters. The van der Waals surface area contributed by atoms with Gasteiger partial charge in [0.2, 0.25) is 0 Å². The van der Waals surface area contributed by atoms with Crippen molar-refractivity contribution in [1.29, 1.82) is 0 Å². The van der Waals surface area contributed by atoms with E-state index in [9.17, 15) is 19.8 Å². The lowest BCUT2D eigenvalue weighted by molar-refractivity contribution is 0.0686. The van der Waals surface area contributed by atoms with Crippen LogP contribution in [0.4, 0.5) is 11.4 Å². The summed E-state index contributed by atoms with van der Waals surface area (Å²) in [5, 5.41) is 29.0. The van der Waals surface area contributed by atoms with Gasteiger partial charge in [-0.3, -0.25) is 0 Å². The first kappa shape index (κ1) is 23.2. The molecule has 0 aliphatic rings. The lowest BCUT2D eigenvalue weighted by Crippen LogP contribution is -1.99. The van der Waals surface area contributed by atoms with E-state index in [1.165, 1.54) is 12.1 Å². The zero-order valence-corrected chi connectivity index (χ0v) is 19.0. The highest BCUT2D eigenvalue weighted by molar-refractivity contribution is 6.31. The Balaban J connectivity index is 1.94. The molecule has 4 rings (SSSR count). The van der Waals surface area contributed by atoms with Gasteiger partial charge in [-0.2, -0.15) is 0 Å². The summed E-state index contributed by atoms with van der Waals surface area (Å²) < 4.78 is 0. The SMILES string of the molecule is O=C(O)c1cccc(-c2cccc(Cl)c2)c1N=Nc1c(C(=O)O)cccc1-c1cccc(Cl)c1. The number of rotatable bonds is 6. The lowest BCUT2D eigenvalue weighted by Gasteiger charge is -2.11. The number of hydrogen-bond donors (Lipinski definition) is 2. The van der Waals surface area contributed by atoms with Crippen LogP contribution in [0.3, 0.4) is 0 Å². The second-order valence-corrected chi connectivity index (χ2v) is 8.11. The molecular formula is C26H16Cl2N2O4. The zero-order valence-electron chi connectivity index (χ0n) is 17.4. The van der Waals surface area contributed by atoms with Crippen molar-refractivity contribution in [3.8, 4) is 22.3 Å². The molecular weight excluding hydrogens is 475 g/mol. The van der Waals surface area contributed by atoms with Gasteiger partial charge in [-0.05, 0) is 47.5 Å². The van der Waals surface area contributed by atoms with Crippen molar-refractivity contribution in [2.45, 2.75) is 0 Å². The summed E-state index contributed by atoms with van der Waals surface area (Å²) in [6, 6.07) is 23.2. The number of benzene rings is 4. The van der Waals surface area contributed by atoms with E-state index in [2.05, 4.69) is 10.2 Å². The second-order valence-electron chi connectivity index (χ2n) is 7.23. The van der Waals surface area contributed by atoms with Crippen LogP contribution in [-0.4, -0.2) is 22.2 Å². The molecule has 0 unspecified atom stereocenters. The third-order valence-electron chi connectivity index (χ3n) is 5.05. The Morgan fingerprint density at radius 2 is 0.971 bits per heavy atom. The average Bonchev–Trinajstić information content (AvgIpc) is 2.82. The van der Waals surface area contributed by atoms with Crippen LogP contribution in [0, 0.1) is 0 Å². The number of halogens is 2. The molecule has 0 radical (unpaired) electrons. The number of carboxylic acid groups (broad SMARTS) is 2. The molecule has 0 bridgehead atoms. The monoisotopic (exact) mass is 490 g/mol. The molecule has 34 heavy (non-hydrogen) atoms. The maximum absolute atomic E-state index is 11.9. The van der Waals surface area contributed by atoms with Crippen LogP contribution in [0.5, 0.6) is 0 Å². The number of carbonyl (C=O) groups is 2. The molecule has 0 aromatic heterocycles. The first-order valence-electron chi connectivity index (χ1n) is 10.0. The molecule has 4 aromatic carbocycles. The summed E-state index contributed by atoms with van der Waals surface area (Å²) in [5.41, 5.74) is 2.25. The molecule has 2 N–H and O–H groups in total. The predicted octanol–water partition coefficient (Wildman–Crippen LogP) is 8.14. The summed E-state index contributed by atoms with van der Waals surface area (Å²) in [4.78, 5) is 23.9. The van der Waals surface area contributed by atoms with Gasteiger partial charge in [0.15, 0.2) is 0 Å². The molecule has 0 fully saturated rings. The van der Waals surface area contributed by atoms with Gasteiger partial charge in [0, 0.05) is 21.2 Å². The maximum atomic E-state index is 11.9. The van der Waals surface area contributed by atoms with Crippen LogP contribution in [0.1, 0.15) is 20.7 Å². The predicted molar refractivity (Wildman–Crippen MR) is 132 cm³/mol. The maximum Gasteiger partial charge on any atom is 0.337 e. The van der Waals surface area contributed by atoms with E-state index in [1.807, 2.05) is 0 Å². The Morgan fingerprint density at radius 3 is 1.32 bits per heavy atom. The lowest BCUT2D eigenvalue weighted by atomic mass is 10.00. The van der Waals surface area contributed by atoms with Crippen LogP contribution in [0.2, 0.25) is 10.0 Å². The van der Waals surface area contributed by atoms with Crippen molar-refractivity contribution < 1.29 is 19.8 Å². The van der Waals surface area contributed by atoms with Crippen LogP contribution >= 0.6 is 23.2 Å². The normalized spacial score (nSPS) is 11.0. The quantitative estimate of drug-likeness (QED) is 0.266. The molecule has 4 aromatic rings. The minimum atomic E-state index is -1.19. The van der Waals surface area contributed by atoms with Gasteiger partial charge in [0.25, 0.3) is 0 Å². The minimum absolute atomic E-state index is 0.0782. The molecule has 168 valence electrons. The summed E-state index contributed by atoms with van der Waals surface area (Å²) in [5.74, 6) is -2.39. The second kappa shape index (κ2) is 9.87. The standard InChI is InChI=1S/C26H16Cl2N2O4/c27-17-7-1-5-15(13-17)19-9-3-11-21(25(31)32)23(19)29-30-24-20(10-4-12-22(24)26(33)34)16-6-2-8-18(28)14-16/h1-14H,(H,31,32)(H,33,34). The van der Waals surface area contributed by atoms with Crippen molar-refractivity contribution in [2.24, 2.45) is 10.2 Å². The van der Waals surface area contributed by atoms with Gasteiger partial charge in [-0.1, -0.05) is 71.7 Å². The summed E-state index contributed by atoms with van der Waals surface area (Å²) in [7, 11) is 0. The first-order chi connectivity index (χ1) is 16.3. The molecule has 0 saturated heterocycles. The van der Waals surface area contributed by atoms with E-state index in [4.69, 9.17) is 23.2 Å². The minimum Gasteiger partial charge on any atom is -0.478 e. The molecule has 0 aliphatic carbocycles. The topological polar surface area (TPSA) is 99.3 Å². The number of aromatic carboxylic acids is 2. The molecule has 0 saturated carbocycles. The first-order valence-corrected chi connectivity index (χ1v) is 10.8. The number of azo groups is 1. The van der Waals surface area contributed by atoms with Crippen LogP contribution in [0.15, 0.2) is 95.2 Å². The number of nitrogens with zero attached hydrogens (tertiary/aromatic N) is 2. The van der Waals surface area contributed by atoms with Crippen LogP contribution in [0.25, 0.3) is 22.3 Å². The van der Waals surface area contributed by atoms with Crippen molar-refractivity contribution in [2.75, 3.05) is 0 Å². The van der Waals surface area contributed by atoms with E-state index in [-0.39, 0.29) is 22.5 Å². The molecule has 0 spiro atoms. The Hall–Kier alpha value is -4.00. The Kier molecular flexibility index (Phi) is 6.72. The molecule has 0 heterocycles. The fourth-order valence-electron chi connectivity index (χ4n) is 3.53. The summed E-state index contributed by atoms with van der Waals surface area (Å²) >= 11 is 12.3. The van der Waals surface area contributed by atoms with Crippen molar-refractivity contribution >= 4 is 46.5 Å². The van der Waals surface area contributed by atoms with E-state index < -0.39 is 11.9 Å². The largest absolute Gasteiger partial charge is 0.478 e. The van der Waals surface area contributed by atoms with Gasteiger partial charge >= 0.3 is 11.9 Å². The van der Waals surface area contributed by atoms with Crippen molar-refractivity contribution in [3.05, 3.63) is 106 Å². The highest BCUT2D eigenvalue weighted by Crippen LogP contribution is 2.39. The molecule has 8 heteroatoms. The van der Waals surface area contributed by atoms with Gasteiger partial charge in [-0.25, -0.2) is 9.59 Å². The van der Waals surface area contributed by atoms with Gasteiger partial charge in [0.1, 0.15) is 11.4 Å².